The van der Waals surface area contributed by atoms with Gasteiger partial charge in [-0.15, -0.1) is 10.2 Å². The van der Waals surface area contributed by atoms with Crippen molar-refractivity contribution in [2.45, 2.75) is 18.1 Å². The lowest BCUT2D eigenvalue weighted by molar-refractivity contribution is -0.146. The maximum atomic E-state index is 12.1. The smallest absolute Gasteiger partial charge is 0.246 e. The Bertz CT molecular complexity index is 1020. The Morgan fingerprint density at radius 1 is 1.17 bits per heavy atom. The molecule has 0 bridgehead atoms. The number of amides is 1. The molecule has 5 rings (SSSR count). The largest absolute Gasteiger partial charge is 0.364 e. The first-order chi connectivity index (χ1) is 14.2. The monoisotopic (exact) mass is 390 g/mol. The van der Waals surface area contributed by atoms with Crippen molar-refractivity contribution in [3.63, 3.8) is 0 Å². The van der Waals surface area contributed by atoms with E-state index in [1.54, 1.807) is 6.20 Å². The third-order valence-electron chi connectivity index (χ3n) is 5.80. The minimum Gasteiger partial charge on any atom is -0.364 e. The maximum absolute atomic E-state index is 12.1. The lowest BCUT2D eigenvalue weighted by atomic mass is 9.77. The van der Waals surface area contributed by atoms with Crippen LogP contribution in [-0.2, 0) is 22.1 Å². The molecule has 0 unspecified atom stereocenters. The number of aryl methyl sites for hydroxylation is 1. The number of anilines is 1. The van der Waals surface area contributed by atoms with E-state index in [1.807, 2.05) is 48.1 Å². The second-order valence-electron chi connectivity index (χ2n) is 7.52. The van der Waals surface area contributed by atoms with Crippen molar-refractivity contribution in [3.8, 4) is 11.5 Å². The van der Waals surface area contributed by atoms with Crippen molar-refractivity contribution in [1.29, 1.82) is 0 Å². The van der Waals surface area contributed by atoms with Gasteiger partial charge in [-0.3, -0.25) is 4.79 Å². The highest BCUT2D eigenvalue weighted by atomic mass is 16.5. The van der Waals surface area contributed by atoms with E-state index in [4.69, 9.17) is 4.74 Å². The minimum atomic E-state index is -0.507. The number of benzene rings is 1. The van der Waals surface area contributed by atoms with Gasteiger partial charge in [0.05, 0.1) is 5.54 Å². The van der Waals surface area contributed by atoms with Crippen LogP contribution >= 0.6 is 0 Å². The molecule has 0 saturated carbocycles. The standard InChI is InChI=1S/C21H22N6O2/c1-26-12-10-22-20(26)16-7-8-18(25-24-16)27-11-9-21(15-5-3-2-4-6-15)17(13-27)29-14-19(28)23-21/h2-8,10,12,17H,9,11,13-14H2,1H3,(H,23,28)/t17-,21+/m1/s1. The normalized spacial score (nSPS) is 24.1. The first-order valence-electron chi connectivity index (χ1n) is 9.70. The average molecular weight is 390 g/mol. The van der Waals surface area contributed by atoms with Gasteiger partial charge in [0.1, 0.15) is 18.4 Å². The van der Waals surface area contributed by atoms with E-state index in [0.717, 1.165) is 35.9 Å². The van der Waals surface area contributed by atoms with Gasteiger partial charge in [0.25, 0.3) is 0 Å². The zero-order valence-corrected chi connectivity index (χ0v) is 16.2. The lowest BCUT2D eigenvalue weighted by Gasteiger charge is -2.50. The number of piperidine rings is 1. The first-order valence-corrected chi connectivity index (χ1v) is 9.70. The number of carbonyl (C=O) groups is 1. The summed E-state index contributed by atoms with van der Waals surface area (Å²) >= 11 is 0. The molecule has 2 atom stereocenters. The topological polar surface area (TPSA) is 85.2 Å². The fourth-order valence-electron chi connectivity index (χ4n) is 4.29. The number of morpholine rings is 1. The number of hydrogen-bond acceptors (Lipinski definition) is 6. The number of hydrogen-bond donors (Lipinski definition) is 1. The SMILES string of the molecule is Cn1ccnc1-c1ccc(N2CC[C@@]3(c4ccccc4)NC(=O)CO[C@@H]3C2)nn1. The molecule has 8 nitrogen and oxygen atoms in total. The predicted molar refractivity (Wildman–Crippen MR) is 107 cm³/mol. The van der Waals surface area contributed by atoms with Gasteiger partial charge < -0.3 is 19.5 Å². The van der Waals surface area contributed by atoms with Crippen LogP contribution in [0.1, 0.15) is 12.0 Å². The summed E-state index contributed by atoms with van der Waals surface area (Å²) in [6.45, 7) is 1.45. The quantitative estimate of drug-likeness (QED) is 0.730. The lowest BCUT2D eigenvalue weighted by Crippen LogP contribution is -2.66. The highest BCUT2D eigenvalue weighted by Gasteiger charge is 2.49. The Morgan fingerprint density at radius 2 is 2.03 bits per heavy atom. The Hall–Kier alpha value is -3.26. The molecular formula is C21H22N6O2. The zero-order valence-electron chi connectivity index (χ0n) is 16.2. The molecule has 2 aromatic heterocycles. The molecule has 3 aromatic rings. The minimum absolute atomic E-state index is 0.0715. The Kier molecular flexibility index (Phi) is 4.28. The average Bonchev–Trinajstić information content (AvgIpc) is 3.20. The molecule has 29 heavy (non-hydrogen) atoms. The summed E-state index contributed by atoms with van der Waals surface area (Å²) in [6.07, 6.45) is 4.20. The van der Waals surface area contributed by atoms with Gasteiger partial charge in [0, 0.05) is 32.5 Å². The number of nitrogens with zero attached hydrogens (tertiary/aromatic N) is 5. The van der Waals surface area contributed by atoms with Crippen LogP contribution in [0.3, 0.4) is 0 Å². The number of carbonyl (C=O) groups excluding carboxylic acids is 1. The molecule has 0 aliphatic carbocycles. The number of aromatic nitrogens is 4. The van der Waals surface area contributed by atoms with Crippen molar-refractivity contribution in [3.05, 3.63) is 60.4 Å². The van der Waals surface area contributed by atoms with Crippen molar-refractivity contribution < 1.29 is 9.53 Å². The third-order valence-corrected chi connectivity index (χ3v) is 5.80. The fourth-order valence-corrected chi connectivity index (χ4v) is 4.29. The van der Waals surface area contributed by atoms with Crippen LogP contribution < -0.4 is 10.2 Å². The van der Waals surface area contributed by atoms with Crippen LogP contribution in [0.4, 0.5) is 5.82 Å². The van der Waals surface area contributed by atoms with E-state index in [9.17, 15) is 4.79 Å². The molecule has 2 aliphatic rings. The Balaban J connectivity index is 1.40. The highest BCUT2D eigenvalue weighted by Crippen LogP contribution is 2.38. The molecule has 2 aliphatic heterocycles. The molecule has 0 spiro atoms. The van der Waals surface area contributed by atoms with Gasteiger partial charge in [0.15, 0.2) is 11.6 Å². The van der Waals surface area contributed by atoms with Crippen LogP contribution in [-0.4, -0.2) is 51.5 Å². The van der Waals surface area contributed by atoms with Crippen LogP contribution in [0.5, 0.6) is 0 Å². The molecule has 0 radical (unpaired) electrons. The van der Waals surface area contributed by atoms with E-state index < -0.39 is 5.54 Å². The van der Waals surface area contributed by atoms with E-state index in [1.165, 1.54) is 0 Å². The van der Waals surface area contributed by atoms with Crippen LogP contribution in [0.15, 0.2) is 54.9 Å². The van der Waals surface area contributed by atoms with Gasteiger partial charge in [-0.25, -0.2) is 4.98 Å². The number of nitrogens with one attached hydrogen (secondary N) is 1. The molecule has 1 amide bonds. The second kappa shape index (κ2) is 6.97. The predicted octanol–water partition coefficient (Wildman–Crippen LogP) is 1.50. The summed E-state index contributed by atoms with van der Waals surface area (Å²) in [5.74, 6) is 1.51. The molecule has 8 heteroatoms. The molecule has 4 heterocycles. The molecule has 2 saturated heterocycles. The van der Waals surface area contributed by atoms with Crippen LogP contribution in [0.2, 0.25) is 0 Å². The van der Waals surface area contributed by atoms with Crippen molar-refractivity contribution in [1.82, 2.24) is 25.1 Å². The number of imidazole rings is 1. The molecule has 2 fully saturated rings. The maximum Gasteiger partial charge on any atom is 0.246 e. The van der Waals surface area contributed by atoms with Crippen molar-refractivity contribution >= 4 is 11.7 Å². The van der Waals surface area contributed by atoms with Crippen LogP contribution in [0, 0.1) is 0 Å². The summed E-state index contributed by atoms with van der Waals surface area (Å²) < 4.78 is 7.90. The summed E-state index contributed by atoms with van der Waals surface area (Å²) in [5.41, 5.74) is 1.31. The zero-order chi connectivity index (χ0) is 19.8. The molecular weight excluding hydrogens is 368 g/mol. The summed E-state index contributed by atoms with van der Waals surface area (Å²) in [4.78, 5) is 18.6. The van der Waals surface area contributed by atoms with E-state index >= 15 is 0 Å². The van der Waals surface area contributed by atoms with Gasteiger partial charge in [-0.1, -0.05) is 30.3 Å². The Labute approximate surface area is 168 Å². The summed E-state index contributed by atoms with van der Waals surface area (Å²) in [7, 11) is 1.93. The highest BCUT2D eigenvalue weighted by molar-refractivity contribution is 5.79. The van der Waals surface area contributed by atoms with Gasteiger partial charge in [0.2, 0.25) is 5.91 Å². The number of fused-ring (bicyclic) bond motifs is 1. The van der Waals surface area contributed by atoms with Gasteiger partial charge >= 0.3 is 0 Å². The Morgan fingerprint density at radius 3 is 2.76 bits per heavy atom. The first kappa shape index (κ1) is 17.8. The van der Waals surface area contributed by atoms with Gasteiger partial charge in [-0.05, 0) is 24.1 Å². The van der Waals surface area contributed by atoms with Crippen molar-refractivity contribution in [2.24, 2.45) is 7.05 Å². The number of ether oxygens (including phenoxy) is 1. The summed E-state index contributed by atoms with van der Waals surface area (Å²) in [6, 6.07) is 14.0. The van der Waals surface area contributed by atoms with E-state index in [0.29, 0.717) is 6.54 Å². The fraction of sp³-hybridized carbons (Fsp3) is 0.333. The molecule has 1 aromatic carbocycles. The van der Waals surface area contributed by atoms with Crippen molar-refractivity contribution in [2.75, 3.05) is 24.6 Å². The molecule has 1 N–H and O–H groups in total. The third kappa shape index (κ3) is 3.05. The van der Waals surface area contributed by atoms with Gasteiger partial charge in [-0.2, -0.15) is 0 Å². The van der Waals surface area contributed by atoms with Crippen LogP contribution in [0.25, 0.3) is 11.5 Å². The molecule has 148 valence electrons. The van der Waals surface area contributed by atoms with E-state index in [-0.39, 0.29) is 18.6 Å². The number of rotatable bonds is 3. The second-order valence-corrected chi connectivity index (χ2v) is 7.52. The van der Waals surface area contributed by atoms with E-state index in [2.05, 4.69) is 37.5 Å². The summed E-state index contributed by atoms with van der Waals surface area (Å²) in [5, 5.41) is 12.0.